The first-order valence-corrected chi connectivity index (χ1v) is 10.9. The minimum atomic E-state index is -4.60. The minimum Gasteiger partial charge on any atom is -0.348 e. The fourth-order valence-corrected chi connectivity index (χ4v) is 4.94. The summed E-state index contributed by atoms with van der Waals surface area (Å²) in [6.45, 7) is -0.417. The number of nitrogens with zero attached hydrogens (tertiary/aromatic N) is 1. The number of amides is 1. The Labute approximate surface area is 178 Å². The highest BCUT2D eigenvalue weighted by Crippen LogP contribution is 2.31. The lowest BCUT2D eigenvalue weighted by Crippen LogP contribution is -2.25. The number of aromatic nitrogens is 1. The zero-order valence-corrected chi connectivity index (χ0v) is 17.4. The van der Waals surface area contributed by atoms with Gasteiger partial charge in [-0.15, -0.1) is 0 Å². The third-order valence-corrected chi connectivity index (χ3v) is 6.51. The van der Waals surface area contributed by atoms with Crippen molar-refractivity contribution in [3.8, 4) is 0 Å². The molecule has 0 aliphatic heterocycles. The third kappa shape index (κ3) is 4.84. The van der Waals surface area contributed by atoms with Crippen LogP contribution in [0.2, 0.25) is 9.36 Å². The number of thiazole rings is 1. The number of rotatable bonds is 6. The van der Waals surface area contributed by atoms with Crippen molar-refractivity contribution in [1.29, 1.82) is 0 Å². The van der Waals surface area contributed by atoms with Gasteiger partial charge in [0.05, 0.1) is 11.2 Å². The molecule has 0 aliphatic rings. The van der Waals surface area contributed by atoms with Crippen molar-refractivity contribution in [2.45, 2.75) is 11.4 Å². The second-order valence-electron chi connectivity index (χ2n) is 5.60. The highest BCUT2D eigenvalue weighted by Gasteiger charge is 2.29. The van der Waals surface area contributed by atoms with E-state index < -0.39 is 44.0 Å². The lowest BCUT2D eigenvalue weighted by Gasteiger charge is -2.14. The van der Waals surface area contributed by atoms with Gasteiger partial charge in [-0.2, -0.15) is 0 Å². The third-order valence-electron chi connectivity index (χ3n) is 3.64. The molecule has 0 fully saturated rings. The van der Waals surface area contributed by atoms with Crippen LogP contribution in [0.15, 0.2) is 47.5 Å². The molecule has 0 spiro atoms. The molecule has 1 heterocycles. The summed E-state index contributed by atoms with van der Waals surface area (Å²) in [6, 6.07) is 9.02. The van der Waals surface area contributed by atoms with Gasteiger partial charge in [0.15, 0.2) is 16.8 Å². The Morgan fingerprint density at radius 2 is 1.83 bits per heavy atom. The maximum atomic E-state index is 14.5. The number of carbonyl (C=O) groups is 1. The zero-order valence-electron chi connectivity index (χ0n) is 14.2. The predicted octanol–water partition coefficient (Wildman–Crippen LogP) is 4.46. The molecule has 152 valence electrons. The molecule has 12 heteroatoms. The maximum absolute atomic E-state index is 14.5. The van der Waals surface area contributed by atoms with Gasteiger partial charge in [0.25, 0.3) is 15.9 Å². The Bertz CT molecular complexity index is 1170. The quantitative estimate of drug-likeness (QED) is 0.513. The van der Waals surface area contributed by atoms with E-state index in [-0.39, 0.29) is 15.0 Å². The number of carbonyl (C=O) groups excluding carboxylic acids is 1. The Morgan fingerprint density at radius 3 is 2.45 bits per heavy atom. The predicted molar refractivity (Wildman–Crippen MR) is 107 cm³/mol. The molecule has 1 aromatic heterocycles. The highest BCUT2D eigenvalue weighted by molar-refractivity contribution is 7.93. The van der Waals surface area contributed by atoms with E-state index in [9.17, 15) is 22.0 Å². The summed E-state index contributed by atoms with van der Waals surface area (Å²) in [5.74, 6) is -3.73. The maximum Gasteiger partial charge on any atom is 0.267 e. The first-order valence-electron chi connectivity index (χ1n) is 7.83. The molecule has 0 aliphatic carbocycles. The molecule has 2 aromatic carbocycles. The van der Waals surface area contributed by atoms with Crippen molar-refractivity contribution in [1.82, 2.24) is 10.3 Å². The molecule has 0 atom stereocenters. The summed E-state index contributed by atoms with van der Waals surface area (Å²) >= 11 is 12.2. The molecule has 3 aromatic rings. The van der Waals surface area contributed by atoms with Gasteiger partial charge in [0.1, 0.15) is 9.23 Å². The van der Waals surface area contributed by atoms with Gasteiger partial charge in [-0.1, -0.05) is 52.7 Å². The molecular formula is C17H11Cl2F2N3O3S2. The van der Waals surface area contributed by atoms with E-state index >= 15 is 0 Å². The Balaban J connectivity index is 1.95. The van der Waals surface area contributed by atoms with Crippen LogP contribution in [0.1, 0.15) is 15.9 Å². The largest absolute Gasteiger partial charge is 0.348 e. The molecule has 6 nitrogen and oxygen atoms in total. The summed E-state index contributed by atoms with van der Waals surface area (Å²) in [4.78, 5) is 14.9. The fourth-order valence-electron chi connectivity index (χ4n) is 2.38. The zero-order chi connectivity index (χ0) is 21.2. The number of anilines is 1. The summed E-state index contributed by atoms with van der Waals surface area (Å²) in [5.41, 5.74) is 0.0643. The molecule has 0 unspecified atom stereocenters. The number of benzene rings is 2. The second kappa shape index (κ2) is 8.62. The Morgan fingerprint density at radius 1 is 1.14 bits per heavy atom. The van der Waals surface area contributed by atoms with E-state index in [1.165, 1.54) is 6.20 Å². The van der Waals surface area contributed by atoms with Gasteiger partial charge in [-0.25, -0.2) is 22.2 Å². The lowest BCUT2D eigenvalue weighted by atomic mass is 10.2. The number of nitrogens with one attached hydrogen (secondary N) is 2. The van der Waals surface area contributed by atoms with Crippen molar-refractivity contribution in [3.63, 3.8) is 0 Å². The van der Waals surface area contributed by atoms with Crippen LogP contribution >= 0.6 is 34.5 Å². The summed E-state index contributed by atoms with van der Waals surface area (Å²) in [5, 5.41) is 1.70. The van der Waals surface area contributed by atoms with Crippen LogP contribution in [0, 0.1) is 11.6 Å². The average Bonchev–Trinajstić information content (AvgIpc) is 3.08. The van der Waals surface area contributed by atoms with Crippen molar-refractivity contribution >= 4 is 55.6 Å². The second-order valence-corrected chi connectivity index (χ2v) is 9.29. The normalized spacial score (nSPS) is 11.3. The van der Waals surface area contributed by atoms with E-state index in [2.05, 4.69) is 10.3 Å². The highest BCUT2D eigenvalue weighted by atomic mass is 35.5. The van der Waals surface area contributed by atoms with Gasteiger partial charge in [0, 0.05) is 12.1 Å². The Hall–Kier alpha value is -2.27. The van der Waals surface area contributed by atoms with E-state index in [0.717, 1.165) is 17.4 Å². The van der Waals surface area contributed by atoms with Crippen LogP contribution in [0.5, 0.6) is 0 Å². The molecule has 0 saturated carbocycles. The SMILES string of the molecule is O=C(NCc1cc(Cl)c(F)c(F)c1S(=O)(=O)Nc1ncc(Cl)s1)c1ccccc1. The van der Waals surface area contributed by atoms with Crippen LogP contribution < -0.4 is 10.0 Å². The smallest absolute Gasteiger partial charge is 0.267 e. The summed E-state index contributed by atoms with van der Waals surface area (Å²) < 4.78 is 56.1. The van der Waals surface area contributed by atoms with Crippen molar-refractivity contribution in [2.24, 2.45) is 0 Å². The van der Waals surface area contributed by atoms with Gasteiger partial charge in [0.2, 0.25) is 0 Å². The number of sulfonamides is 1. The number of hydrogen-bond acceptors (Lipinski definition) is 5. The fraction of sp³-hybridized carbons (Fsp3) is 0.0588. The Kier molecular flexibility index (Phi) is 6.37. The first-order chi connectivity index (χ1) is 13.7. The topological polar surface area (TPSA) is 88.2 Å². The van der Waals surface area contributed by atoms with Crippen molar-refractivity contribution in [3.05, 3.63) is 74.7 Å². The average molecular weight is 478 g/mol. The molecule has 0 saturated heterocycles. The molecule has 0 radical (unpaired) electrons. The summed E-state index contributed by atoms with van der Waals surface area (Å²) in [6.07, 6.45) is 1.20. The van der Waals surface area contributed by atoms with Crippen LogP contribution in [-0.4, -0.2) is 19.3 Å². The molecule has 1 amide bonds. The molecule has 2 N–H and O–H groups in total. The van der Waals surface area contributed by atoms with Gasteiger partial charge in [-0.3, -0.25) is 9.52 Å². The lowest BCUT2D eigenvalue weighted by molar-refractivity contribution is 0.0950. The molecule has 29 heavy (non-hydrogen) atoms. The van der Waals surface area contributed by atoms with E-state index in [1.807, 2.05) is 4.72 Å². The van der Waals surface area contributed by atoms with E-state index in [1.54, 1.807) is 30.3 Å². The molecule has 0 bridgehead atoms. The van der Waals surface area contributed by atoms with Crippen molar-refractivity contribution in [2.75, 3.05) is 4.72 Å². The van der Waals surface area contributed by atoms with Crippen LogP contribution in [0.3, 0.4) is 0 Å². The van der Waals surface area contributed by atoms with Crippen LogP contribution in [0.4, 0.5) is 13.9 Å². The van der Waals surface area contributed by atoms with E-state index in [4.69, 9.17) is 23.2 Å². The molecular weight excluding hydrogens is 467 g/mol. The minimum absolute atomic E-state index is 0.135. The van der Waals surface area contributed by atoms with Gasteiger partial charge < -0.3 is 5.32 Å². The standard InChI is InChI=1S/C17H11Cl2F2N3O3S2/c18-11-6-10(7-22-16(25)9-4-2-1-3-5-9)15(14(21)13(11)20)29(26,27)24-17-23-8-12(19)28-17/h1-6,8H,7H2,(H,22,25)(H,23,24). The number of hydrogen-bond donors (Lipinski definition) is 2. The van der Waals surface area contributed by atoms with Gasteiger partial charge in [-0.05, 0) is 23.8 Å². The van der Waals surface area contributed by atoms with Gasteiger partial charge >= 0.3 is 0 Å². The van der Waals surface area contributed by atoms with Crippen LogP contribution in [0.25, 0.3) is 0 Å². The first kappa shape index (κ1) is 21.4. The van der Waals surface area contributed by atoms with E-state index in [0.29, 0.717) is 5.56 Å². The van der Waals surface area contributed by atoms with Crippen molar-refractivity contribution < 1.29 is 22.0 Å². The summed E-state index contributed by atoms with van der Waals surface area (Å²) in [7, 11) is -4.60. The van der Waals surface area contributed by atoms with Crippen LogP contribution in [-0.2, 0) is 16.6 Å². The monoisotopic (exact) mass is 477 g/mol. The number of halogens is 4. The molecule has 3 rings (SSSR count).